The van der Waals surface area contributed by atoms with Crippen LogP contribution in [-0.2, 0) is 9.59 Å². The van der Waals surface area contributed by atoms with Crippen molar-refractivity contribution < 1.29 is 14.7 Å². The second-order valence-corrected chi connectivity index (χ2v) is 3.56. The summed E-state index contributed by atoms with van der Waals surface area (Å²) in [6.07, 6.45) is 2.58. The lowest BCUT2D eigenvalue weighted by atomic mass is 10.2. The number of rotatable bonds is 3. The first-order valence-corrected chi connectivity index (χ1v) is 4.48. The third-order valence-corrected chi connectivity index (χ3v) is 2.39. The Morgan fingerprint density at radius 3 is 2.69 bits per heavy atom. The van der Waals surface area contributed by atoms with Crippen LogP contribution in [0.15, 0.2) is 17.5 Å². The molecule has 13 heavy (non-hydrogen) atoms. The monoisotopic (exact) mass is 196 g/mol. The van der Waals surface area contributed by atoms with Gasteiger partial charge in [0, 0.05) is 4.88 Å². The average Bonchev–Trinajstić information content (AvgIpc) is 2.47. The van der Waals surface area contributed by atoms with Gasteiger partial charge in [-0.3, -0.25) is 4.79 Å². The molecule has 0 amide bonds. The van der Waals surface area contributed by atoms with Crippen LogP contribution in [0.1, 0.15) is 10.4 Å². The van der Waals surface area contributed by atoms with Crippen molar-refractivity contribution in [3.05, 3.63) is 28.0 Å². The zero-order chi connectivity index (χ0) is 9.84. The second kappa shape index (κ2) is 4.00. The van der Waals surface area contributed by atoms with Crippen LogP contribution in [0.2, 0.25) is 0 Å². The topological polar surface area (TPSA) is 54.4 Å². The minimum absolute atomic E-state index is 0.889. The van der Waals surface area contributed by atoms with E-state index in [1.54, 1.807) is 11.3 Å². The van der Waals surface area contributed by atoms with Crippen LogP contribution in [0.3, 0.4) is 0 Å². The van der Waals surface area contributed by atoms with E-state index in [0.717, 1.165) is 16.5 Å². The highest BCUT2D eigenvalue weighted by molar-refractivity contribution is 7.10. The predicted octanol–water partition coefficient (Wildman–Crippen LogP) is 1.72. The molecule has 0 bridgehead atoms. The number of carbonyl (C=O) groups is 2. The highest BCUT2D eigenvalue weighted by Gasteiger charge is 2.05. The van der Waals surface area contributed by atoms with Gasteiger partial charge in [0.15, 0.2) is 0 Å². The van der Waals surface area contributed by atoms with Gasteiger partial charge in [-0.2, -0.15) is 0 Å². The molecule has 4 heteroatoms. The summed E-state index contributed by atoms with van der Waals surface area (Å²) in [6.45, 7) is 1.91. The quantitative estimate of drug-likeness (QED) is 0.591. The van der Waals surface area contributed by atoms with Crippen molar-refractivity contribution in [2.75, 3.05) is 0 Å². The number of ketones is 1. The predicted molar refractivity (Wildman–Crippen MR) is 50.7 cm³/mol. The number of hydrogen-bond acceptors (Lipinski definition) is 3. The van der Waals surface area contributed by atoms with Gasteiger partial charge in [-0.1, -0.05) is 0 Å². The molecule has 1 aromatic heterocycles. The first-order chi connectivity index (χ1) is 6.11. The Balaban J connectivity index is 2.75. The molecule has 1 heterocycles. The maximum Gasteiger partial charge on any atom is 0.376 e. The molecule has 1 aromatic rings. The largest absolute Gasteiger partial charge is 0.475 e. The SMILES string of the molecule is Cc1sccc1/C=C/C(=O)C(=O)O. The number of hydrogen-bond donors (Lipinski definition) is 1. The van der Waals surface area contributed by atoms with Gasteiger partial charge in [-0.05, 0) is 36.1 Å². The Labute approximate surface area is 79.3 Å². The van der Waals surface area contributed by atoms with Crippen LogP contribution >= 0.6 is 11.3 Å². The summed E-state index contributed by atoms with van der Waals surface area (Å²) < 4.78 is 0. The molecule has 1 rings (SSSR count). The van der Waals surface area contributed by atoms with E-state index in [1.807, 2.05) is 18.4 Å². The highest BCUT2D eigenvalue weighted by atomic mass is 32.1. The van der Waals surface area contributed by atoms with Crippen molar-refractivity contribution in [1.82, 2.24) is 0 Å². The van der Waals surface area contributed by atoms with Gasteiger partial charge in [0.05, 0.1) is 0 Å². The molecule has 0 aromatic carbocycles. The van der Waals surface area contributed by atoms with Crippen molar-refractivity contribution in [1.29, 1.82) is 0 Å². The number of aryl methyl sites for hydroxylation is 1. The summed E-state index contributed by atoms with van der Waals surface area (Å²) in [5, 5.41) is 10.2. The van der Waals surface area contributed by atoms with Gasteiger partial charge in [-0.25, -0.2) is 4.79 Å². The second-order valence-electron chi connectivity index (χ2n) is 2.43. The molecule has 0 aliphatic rings. The van der Waals surface area contributed by atoms with Crippen LogP contribution in [0, 0.1) is 6.92 Å². The number of carboxylic acids is 1. The molecular formula is C9H8O3S. The standard InChI is InChI=1S/C9H8O3S/c1-6-7(4-5-13-6)2-3-8(10)9(11)12/h2-5H,1H3,(H,11,12)/b3-2+. The van der Waals surface area contributed by atoms with Crippen molar-refractivity contribution in [3.8, 4) is 0 Å². The van der Waals surface area contributed by atoms with E-state index in [-0.39, 0.29) is 0 Å². The Morgan fingerprint density at radius 1 is 1.54 bits per heavy atom. The Kier molecular flexibility index (Phi) is 2.97. The molecule has 0 unspecified atom stereocenters. The summed E-state index contributed by atoms with van der Waals surface area (Å²) in [5.74, 6) is -2.32. The van der Waals surface area contributed by atoms with E-state index in [9.17, 15) is 9.59 Å². The number of carboxylic acid groups (broad SMARTS) is 1. The van der Waals surface area contributed by atoms with Crippen LogP contribution in [0.4, 0.5) is 0 Å². The van der Waals surface area contributed by atoms with Gasteiger partial charge < -0.3 is 5.11 Å². The van der Waals surface area contributed by atoms with Gasteiger partial charge in [0.25, 0.3) is 5.78 Å². The zero-order valence-corrected chi connectivity index (χ0v) is 7.80. The lowest BCUT2D eigenvalue weighted by Gasteiger charge is -1.87. The van der Waals surface area contributed by atoms with Gasteiger partial charge in [0.1, 0.15) is 0 Å². The summed E-state index contributed by atoms with van der Waals surface area (Å²) in [4.78, 5) is 21.9. The molecule has 0 aliphatic heterocycles. The zero-order valence-electron chi connectivity index (χ0n) is 6.98. The Morgan fingerprint density at radius 2 is 2.23 bits per heavy atom. The first kappa shape index (κ1) is 9.67. The molecular weight excluding hydrogens is 188 g/mol. The fourth-order valence-electron chi connectivity index (χ4n) is 0.804. The fraction of sp³-hybridized carbons (Fsp3) is 0.111. The third kappa shape index (κ3) is 2.52. The molecule has 0 radical (unpaired) electrons. The minimum Gasteiger partial charge on any atom is -0.475 e. The maximum absolute atomic E-state index is 10.7. The summed E-state index contributed by atoms with van der Waals surface area (Å²) >= 11 is 1.55. The van der Waals surface area contributed by atoms with Crippen molar-refractivity contribution in [2.45, 2.75) is 6.92 Å². The number of thiophene rings is 1. The molecule has 68 valence electrons. The van der Waals surface area contributed by atoms with Crippen molar-refractivity contribution in [2.24, 2.45) is 0 Å². The maximum atomic E-state index is 10.7. The Hall–Kier alpha value is -1.42. The lowest BCUT2D eigenvalue weighted by Crippen LogP contribution is -2.08. The first-order valence-electron chi connectivity index (χ1n) is 3.60. The number of carbonyl (C=O) groups excluding carboxylic acids is 1. The van der Waals surface area contributed by atoms with E-state index >= 15 is 0 Å². The van der Waals surface area contributed by atoms with E-state index in [4.69, 9.17) is 5.11 Å². The molecule has 0 saturated heterocycles. The van der Waals surface area contributed by atoms with E-state index in [2.05, 4.69) is 0 Å². The van der Waals surface area contributed by atoms with Crippen LogP contribution < -0.4 is 0 Å². The molecule has 0 atom stereocenters. The third-order valence-electron chi connectivity index (χ3n) is 1.52. The fourth-order valence-corrected chi connectivity index (χ4v) is 1.50. The van der Waals surface area contributed by atoms with Gasteiger partial charge in [-0.15, -0.1) is 11.3 Å². The van der Waals surface area contributed by atoms with Crippen molar-refractivity contribution >= 4 is 29.2 Å². The van der Waals surface area contributed by atoms with Gasteiger partial charge in [0.2, 0.25) is 0 Å². The van der Waals surface area contributed by atoms with Crippen LogP contribution in [-0.4, -0.2) is 16.9 Å². The van der Waals surface area contributed by atoms with Crippen molar-refractivity contribution in [3.63, 3.8) is 0 Å². The average molecular weight is 196 g/mol. The smallest absolute Gasteiger partial charge is 0.376 e. The molecule has 3 nitrogen and oxygen atoms in total. The van der Waals surface area contributed by atoms with E-state index < -0.39 is 11.8 Å². The van der Waals surface area contributed by atoms with Gasteiger partial charge >= 0.3 is 5.97 Å². The minimum atomic E-state index is -1.43. The van der Waals surface area contributed by atoms with Crippen LogP contribution in [0.25, 0.3) is 6.08 Å². The molecule has 0 aliphatic carbocycles. The highest BCUT2D eigenvalue weighted by Crippen LogP contribution is 2.16. The van der Waals surface area contributed by atoms with E-state index in [1.165, 1.54) is 6.08 Å². The molecule has 1 N–H and O–H groups in total. The lowest BCUT2D eigenvalue weighted by molar-refractivity contribution is -0.146. The van der Waals surface area contributed by atoms with E-state index in [0.29, 0.717) is 0 Å². The number of aliphatic carboxylic acids is 1. The molecule has 0 fully saturated rings. The van der Waals surface area contributed by atoms with Crippen LogP contribution in [0.5, 0.6) is 0 Å². The molecule has 0 saturated carbocycles. The normalized spacial score (nSPS) is 10.5. The summed E-state index contributed by atoms with van der Waals surface area (Å²) in [7, 11) is 0. The molecule has 0 spiro atoms. The summed E-state index contributed by atoms with van der Waals surface area (Å²) in [6, 6.07) is 1.84. The Bertz CT molecular complexity index is 363. The summed E-state index contributed by atoms with van der Waals surface area (Å²) in [5.41, 5.74) is 0.889.